The van der Waals surface area contributed by atoms with Crippen molar-refractivity contribution in [2.75, 3.05) is 0 Å². The summed E-state index contributed by atoms with van der Waals surface area (Å²) in [5.74, 6) is 0. The van der Waals surface area contributed by atoms with Crippen LogP contribution in [-0.2, 0) is 23.0 Å². The number of hydrogen-bond acceptors (Lipinski definition) is 3. The van der Waals surface area contributed by atoms with Crippen LogP contribution in [0.5, 0.6) is 0 Å². The normalized spacial score (nSPS) is 11.3. The van der Waals surface area contributed by atoms with E-state index >= 15 is 0 Å². The van der Waals surface area contributed by atoms with Crippen molar-refractivity contribution in [2.24, 2.45) is 0 Å². The molecule has 0 N–H and O–H groups in total. The maximum Gasteiger partial charge on any atom is 1.00 e. The Balaban J connectivity index is 0.00000180. The number of aryl methyl sites for hydroxylation is 2. The second-order valence-electron chi connectivity index (χ2n) is 4.31. The van der Waals surface area contributed by atoms with Crippen LogP contribution in [0.3, 0.4) is 0 Å². The maximum absolute atomic E-state index is 11.3. The minimum atomic E-state index is -4.43. The van der Waals surface area contributed by atoms with Gasteiger partial charge >= 0.3 is 29.6 Å². The van der Waals surface area contributed by atoms with Gasteiger partial charge < -0.3 is 4.55 Å². The molecule has 0 aliphatic rings. The largest absolute Gasteiger partial charge is 1.00 e. The molecule has 0 spiro atoms. The van der Waals surface area contributed by atoms with Crippen LogP contribution < -0.4 is 29.6 Å². The van der Waals surface area contributed by atoms with Gasteiger partial charge in [-0.1, -0.05) is 38.1 Å². The van der Waals surface area contributed by atoms with E-state index in [9.17, 15) is 13.0 Å². The Morgan fingerprint density at radius 1 is 1.00 bits per heavy atom. The molecular formula is C14H15NaO3S. The molecule has 5 heteroatoms. The molecule has 19 heavy (non-hydrogen) atoms. The van der Waals surface area contributed by atoms with E-state index in [1.807, 2.05) is 32.0 Å². The summed E-state index contributed by atoms with van der Waals surface area (Å²) in [4.78, 5) is -0.112. The first-order chi connectivity index (χ1) is 8.45. The van der Waals surface area contributed by atoms with Gasteiger partial charge in [-0.3, -0.25) is 0 Å². The van der Waals surface area contributed by atoms with E-state index in [1.165, 1.54) is 6.07 Å². The Morgan fingerprint density at radius 2 is 1.58 bits per heavy atom. The van der Waals surface area contributed by atoms with Gasteiger partial charge in [0.25, 0.3) is 0 Å². The molecule has 2 rings (SSSR count). The molecule has 3 nitrogen and oxygen atoms in total. The Hall–Kier alpha value is -0.390. The van der Waals surface area contributed by atoms with Crippen LogP contribution in [0, 0.1) is 0 Å². The number of benzene rings is 2. The molecule has 96 valence electrons. The molecule has 0 fully saturated rings. The van der Waals surface area contributed by atoms with Crippen molar-refractivity contribution >= 4 is 20.9 Å². The predicted molar refractivity (Wildman–Crippen MR) is 70.7 cm³/mol. The van der Waals surface area contributed by atoms with E-state index in [0.29, 0.717) is 11.8 Å². The van der Waals surface area contributed by atoms with Crippen molar-refractivity contribution in [1.29, 1.82) is 0 Å². The predicted octanol–water partition coefficient (Wildman–Crippen LogP) is -0.127. The minimum Gasteiger partial charge on any atom is -0.744 e. The topological polar surface area (TPSA) is 57.2 Å². The Morgan fingerprint density at radius 3 is 2.11 bits per heavy atom. The average Bonchev–Trinajstić information content (AvgIpc) is 2.35. The fourth-order valence-corrected chi connectivity index (χ4v) is 2.83. The van der Waals surface area contributed by atoms with Crippen molar-refractivity contribution in [1.82, 2.24) is 0 Å². The van der Waals surface area contributed by atoms with E-state index < -0.39 is 10.1 Å². The first-order valence-electron chi connectivity index (χ1n) is 5.97. The molecule has 0 amide bonds. The van der Waals surface area contributed by atoms with Gasteiger partial charge in [0.15, 0.2) is 0 Å². The Bertz CT molecular complexity index is 688. The summed E-state index contributed by atoms with van der Waals surface area (Å²) in [5, 5.41) is 1.34. The van der Waals surface area contributed by atoms with E-state index in [0.717, 1.165) is 22.9 Å². The van der Waals surface area contributed by atoms with Crippen LogP contribution in [-0.4, -0.2) is 13.0 Å². The molecule has 0 aliphatic carbocycles. The molecule has 0 aliphatic heterocycles. The zero-order chi connectivity index (χ0) is 13.3. The molecule has 0 bridgehead atoms. The first-order valence-corrected chi connectivity index (χ1v) is 7.38. The van der Waals surface area contributed by atoms with Crippen LogP contribution in [0.15, 0.2) is 35.2 Å². The van der Waals surface area contributed by atoms with Crippen LogP contribution in [0.4, 0.5) is 0 Å². The summed E-state index contributed by atoms with van der Waals surface area (Å²) < 4.78 is 33.9. The quantitative estimate of drug-likeness (QED) is 0.583. The smallest absolute Gasteiger partial charge is 0.744 e. The molecule has 0 atom stereocenters. The van der Waals surface area contributed by atoms with Gasteiger partial charge in [-0.2, -0.15) is 0 Å². The van der Waals surface area contributed by atoms with Gasteiger partial charge in [0, 0.05) is 0 Å². The second kappa shape index (κ2) is 6.37. The van der Waals surface area contributed by atoms with Gasteiger partial charge in [0.1, 0.15) is 10.1 Å². The van der Waals surface area contributed by atoms with Crippen LogP contribution in [0.1, 0.15) is 25.0 Å². The minimum absolute atomic E-state index is 0. The summed E-state index contributed by atoms with van der Waals surface area (Å²) >= 11 is 0. The van der Waals surface area contributed by atoms with E-state index in [2.05, 4.69) is 0 Å². The van der Waals surface area contributed by atoms with Crippen LogP contribution >= 0.6 is 0 Å². The zero-order valence-corrected chi connectivity index (χ0v) is 14.3. The third kappa shape index (κ3) is 3.58. The Labute approximate surface area is 136 Å². The average molecular weight is 286 g/mol. The van der Waals surface area contributed by atoms with Gasteiger partial charge in [-0.05, 0) is 40.8 Å². The first kappa shape index (κ1) is 16.7. The molecule has 0 radical (unpaired) electrons. The van der Waals surface area contributed by atoms with Crippen molar-refractivity contribution < 1.29 is 42.5 Å². The van der Waals surface area contributed by atoms with Crippen molar-refractivity contribution in [2.45, 2.75) is 31.6 Å². The maximum atomic E-state index is 11.3. The van der Waals surface area contributed by atoms with Gasteiger partial charge in [-0.15, -0.1) is 0 Å². The summed E-state index contributed by atoms with van der Waals surface area (Å²) in [6.45, 7) is 3.97. The molecular weight excluding hydrogens is 271 g/mol. The van der Waals surface area contributed by atoms with Crippen LogP contribution in [0.25, 0.3) is 10.8 Å². The summed E-state index contributed by atoms with van der Waals surface area (Å²) in [6.07, 6.45) is 1.58. The number of fused-ring (bicyclic) bond motifs is 1. The monoisotopic (exact) mass is 286 g/mol. The fraction of sp³-hybridized carbons (Fsp3) is 0.286. The van der Waals surface area contributed by atoms with Crippen molar-refractivity contribution in [3.8, 4) is 0 Å². The molecule has 2 aromatic rings. The van der Waals surface area contributed by atoms with E-state index in [-0.39, 0.29) is 34.5 Å². The van der Waals surface area contributed by atoms with Crippen LogP contribution in [0.2, 0.25) is 0 Å². The zero-order valence-electron chi connectivity index (χ0n) is 11.4. The van der Waals surface area contributed by atoms with E-state index in [4.69, 9.17) is 0 Å². The molecule has 2 aromatic carbocycles. The second-order valence-corrected chi connectivity index (χ2v) is 5.66. The van der Waals surface area contributed by atoms with Crippen molar-refractivity contribution in [3.05, 3.63) is 41.5 Å². The number of hydrogen-bond donors (Lipinski definition) is 0. The third-order valence-corrected chi connectivity index (χ3v) is 4.00. The Kier molecular flexibility index (Phi) is 5.59. The molecule has 0 unspecified atom stereocenters. The molecule has 0 saturated heterocycles. The van der Waals surface area contributed by atoms with E-state index in [1.54, 1.807) is 6.07 Å². The fourth-order valence-electron chi connectivity index (χ4n) is 2.07. The number of rotatable bonds is 3. The summed E-state index contributed by atoms with van der Waals surface area (Å²) in [5.41, 5.74) is 2.00. The third-order valence-electron chi connectivity index (χ3n) is 3.12. The molecule has 0 saturated carbocycles. The van der Waals surface area contributed by atoms with Gasteiger partial charge in [0.2, 0.25) is 0 Å². The summed E-state index contributed by atoms with van der Waals surface area (Å²) in [6, 6.07) is 8.96. The molecule has 0 heterocycles. The SMILES string of the molecule is CCc1ccc2c(S(=O)(=O)[O-])cc(CC)cc2c1.[Na+]. The summed E-state index contributed by atoms with van der Waals surface area (Å²) in [7, 11) is -4.43. The van der Waals surface area contributed by atoms with Gasteiger partial charge in [0.05, 0.1) is 4.90 Å². The van der Waals surface area contributed by atoms with Gasteiger partial charge in [-0.25, -0.2) is 8.42 Å². The standard InChI is InChI=1S/C14H16O3S.Na/c1-3-10-5-6-13-12(7-10)8-11(4-2)9-14(13)18(15,16)17;/h5-9H,3-4H2,1-2H3,(H,15,16,17);/q;+1/p-1. The van der Waals surface area contributed by atoms with Crippen molar-refractivity contribution in [3.63, 3.8) is 0 Å². The molecule has 0 aromatic heterocycles.